The zero-order valence-electron chi connectivity index (χ0n) is 8.76. The number of carboxylic acid groups (broad SMARTS) is 1. The molecule has 0 fully saturated rings. The smallest absolute Gasteiger partial charge is 0.342 e. The first-order chi connectivity index (χ1) is 7.87. The van der Waals surface area contributed by atoms with E-state index in [1.165, 1.54) is 0 Å². The number of nitrogens with zero attached hydrogens (tertiary/aromatic N) is 1. The summed E-state index contributed by atoms with van der Waals surface area (Å²) in [5, 5.41) is 9.29. The molecule has 0 aliphatic carbocycles. The fourth-order valence-electron chi connectivity index (χ4n) is 1.10. The molecule has 7 nitrogen and oxygen atoms in total. The molecule has 0 amide bonds. The Morgan fingerprint density at radius 2 is 1.88 bits per heavy atom. The number of rotatable bonds is 6. The minimum atomic E-state index is -4.38. The average Bonchev–Trinajstić information content (AvgIpc) is 2.15. The summed E-state index contributed by atoms with van der Waals surface area (Å²) in [4.78, 5) is 33.1. The molecule has 0 spiro atoms. The Labute approximate surface area is 97.4 Å². The Bertz CT molecular complexity index is 417. The Kier molecular flexibility index (Phi) is 4.65. The van der Waals surface area contributed by atoms with Crippen molar-refractivity contribution in [3.05, 3.63) is 30.3 Å². The van der Waals surface area contributed by atoms with Crippen LogP contribution in [0, 0.1) is 0 Å². The van der Waals surface area contributed by atoms with Gasteiger partial charge in [-0.3, -0.25) is 9.36 Å². The van der Waals surface area contributed by atoms with E-state index in [1.807, 2.05) is 0 Å². The van der Waals surface area contributed by atoms with Gasteiger partial charge in [-0.2, -0.15) is 0 Å². The number of hydrogen-bond donors (Lipinski definition) is 3. The highest BCUT2D eigenvalue weighted by Crippen LogP contribution is 2.35. The molecule has 3 N–H and O–H groups in total. The van der Waals surface area contributed by atoms with Gasteiger partial charge in [0.05, 0.1) is 0 Å². The number of para-hydroxylation sites is 1. The molecule has 0 aliphatic rings. The van der Waals surface area contributed by atoms with Crippen LogP contribution in [0.5, 0.6) is 5.75 Å². The maximum atomic E-state index is 10.8. The van der Waals surface area contributed by atoms with Gasteiger partial charge in [0.2, 0.25) is 0 Å². The molecular weight excluding hydrogens is 249 g/mol. The van der Waals surface area contributed by atoms with Crippen molar-refractivity contribution in [1.29, 1.82) is 0 Å². The number of carboxylic acids is 1. The van der Waals surface area contributed by atoms with Crippen molar-refractivity contribution in [2.75, 3.05) is 12.8 Å². The number of hydrogen-bond acceptors (Lipinski definition) is 4. The standard InChI is InChI=1S/C9H12NO6P/c11-9(12)6-10(7-17(13,14)15)16-8-4-2-1-3-5-8/h1-5H,6-7H2,(H,11,12)(H2,13,14,15). The first-order valence-electron chi connectivity index (χ1n) is 4.61. The third kappa shape index (κ3) is 6.03. The molecule has 0 aromatic heterocycles. The molecule has 17 heavy (non-hydrogen) atoms. The fourth-order valence-corrected chi connectivity index (χ4v) is 1.67. The maximum absolute atomic E-state index is 10.8. The molecule has 1 rings (SSSR count). The van der Waals surface area contributed by atoms with Gasteiger partial charge < -0.3 is 19.7 Å². The van der Waals surface area contributed by atoms with Crippen LogP contribution in [0.2, 0.25) is 0 Å². The van der Waals surface area contributed by atoms with Crippen LogP contribution in [0.25, 0.3) is 0 Å². The van der Waals surface area contributed by atoms with E-state index in [-0.39, 0.29) is 0 Å². The highest BCUT2D eigenvalue weighted by molar-refractivity contribution is 7.51. The minimum absolute atomic E-state index is 0.308. The Hall–Kier alpha value is -1.40. The summed E-state index contributed by atoms with van der Waals surface area (Å²) in [6.45, 7) is -0.625. The Morgan fingerprint density at radius 1 is 1.29 bits per heavy atom. The molecule has 0 saturated carbocycles. The van der Waals surface area contributed by atoms with Crippen LogP contribution in [0.15, 0.2) is 30.3 Å². The van der Waals surface area contributed by atoms with Crippen molar-refractivity contribution in [2.24, 2.45) is 0 Å². The fraction of sp³-hybridized carbons (Fsp3) is 0.222. The predicted molar refractivity (Wildman–Crippen MR) is 58.3 cm³/mol. The van der Waals surface area contributed by atoms with Crippen molar-refractivity contribution < 1.29 is 29.1 Å². The lowest BCUT2D eigenvalue weighted by Gasteiger charge is -2.20. The molecule has 0 atom stereocenters. The molecule has 1 aromatic rings. The van der Waals surface area contributed by atoms with Gasteiger partial charge in [-0.15, -0.1) is 5.06 Å². The number of carbonyl (C=O) groups is 1. The van der Waals surface area contributed by atoms with E-state index in [0.29, 0.717) is 10.8 Å². The molecule has 8 heteroatoms. The summed E-state index contributed by atoms with van der Waals surface area (Å²) in [6.07, 6.45) is -0.784. The van der Waals surface area contributed by atoms with Crippen LogP contribution in [-0.2, 0) is 9.36 Å². The normalized spacial score (nSPS) is 11.5. The molecule has 0 saturated heterocycles. The van der Waals surface area contributed by atoms with Gasteiger partial charge in [0.15, 0.2) is 0 Å². The van der Waals surface area contributed by atoms with Gasteiger partial charge in [-0.1, -0.05) is 18.2 Å². The van der Waals surface area contributed by atoms with Crippen LogP contribution < -0.4 is 4.84 Å². The van der Waals surface area contributed by atoms with E-state index in [2.05, 4.69) is 0 Å². The van der Waals surface area contributed by atoms with Gasteiger partial charge in [0.25, 0.3) is 0 Å². The first kappa shape index (κ1) is 13.7. The second-order valence-corrected chi connectivity index (χ2v) is 4.86. The molecule has 0 radical (unpaired) electrons. The van der Waals surface area contributed by atoms with E-state index < -0.39 is 26.4 Å². The van der Waals surface area contributed by atoms with Crippen molar-refractivity contribution >= 4 is 13.6 Å². The van der Waals surface area contributed by atoms with Crippen LogP contribution in [0.3, 0.4) is 0 Å². The lowest BCUT2D eigenvalue weighted by Crippen LogP contribution is -2.33. The van der Waals surface area contributed by atoms with Gasteiger partial charge >= 0.3 is 13.6 Å². The van der Waals surface area contributed by atoms with Crippen molar-refractivity contribution in [2.45, 2.75) is 0 Å². The third-order valence-electron chi connectivity index (χ3n) is 1.63. The number of aliphatic carboxylic acids is 1. The largest absolute Gasteiger partial charge is 0.480 e. The van der Waals surface area contributed by atoms with Crippen molar-refractivity contribution in [1.82, 2.24) is 5.06 Å². The molecule has 94 valence electrons. The SMILES string of the molecule is O=C(O)CN(CP(=O)(O)O)Oc1ccccc1. The zero-order valence-corrected chi connectivity index (χ0v) is 9.66. The van der Waals surface area contributed by atoms with E-state index >= 15 is 0 Å². The molecule has 0 unspecified atom stereocenters. The molecule has 0 bridgehead atoms. The maximum Gasteiger partial charge on any atom is 0.342 e. The monoisotopic (exact) mass is 261 g/mol. The average molecular weight is 261 g/mol. The minimum Gasteiger partial charge on any atom is -0.480 e. The van der Waals surface area contributed by atoms with Crippen molar-refractivity contribution in [3.8, 4) is 5.75 Å². The summed E-state index contributed by atoms with van der Waals surface area (Å²) >= 11 is 0. The van der Waals surface area contributed by atoms with E-state index in [9.17, 15) is 9.36 Å². The highest BCUT2D eigenvalue weighted by Gasteiger charge is 2.22. The van der Waals surface area contributed by atoms with Gasteiger partial charge in [0.1, 0.15) is 18.6 Å². The summed E-state index contributed by atoms with van der Waals surface area (Å²) < 4.78 is 10.8. The predicted octanol–water partition coefficient (Wildman–Crippen LogP) is 0.502. The molecule has 0 heterocycles. The van der Waals surface area contributed by atoms with E-state index in [1.54, 1.807) is 30.3 Å². The van der Waals surface area contributed by atoms with Gasteiger partial charge in [0, 0.05) is 0 Å². The number of benzene rings is 1. The quantitative estimate of drug-likeness (QED) is 0.505. The first-order valence-corrected chi connectivity index (χ1v) is 6.41. The molecular formula is C9H12NO6P. The van der Waals surface area contributed by atoms with Gasteiger partial charge in [-0.25, -0.2) is 0 Å². The van der Waals surface area contributed by atoms with Crippen LogP contribution in [-0.4, -0.2) is 38.8 Å². The highest BCUT2D eigenvalue weighted by atomic mass is 31.2. The second kappa shape index (κ2) is 5.79. The summed E-state index contributed by atoms with van der Waals surface area (Å²) in [5.74, 6) is -0.934. The molecule has 1 aromatic carbocycles. The van der Waals surface area contributed by atoms with Crippen LogP contribution in [0.1, 0.15) is 0 Å². The van der Waals surface area contributed by atoms with Crippen LogP contribution in [0.4, 0.5) is 0 Å². The van der Waals surface area contributed by atoms with E-state index in [4.69, 9.17) is 19.7 Å². The van der Waals surface area contributed by atoms with Crippen LogP contribution >= 0.6 is 7.60 Å². The lowest BCUT2D eigenvalue weighted by atomic mass is 10.3. The topological polar surface area (TPSA) is 107 Å². The summed E-state index contributed by atoms with van der Waals surface area (Å²) in [6, 6.07) is 8.15. The zero-order chi connectivity index (χ0) is 12.9. The van der Waals surface area contributed by atoms with Gasteiger partial charge in [-0.05, 0) is 12.1 Å². The second-order valence-electron chi connectivity index (χ2n) is 3.24. The van der Waals surface area contributed by atoms with E-state index in [0.717, 1.165) is 0 Å². The Balaban J connectivity index is 2.70. The van der Waals surface area contributed by atoms with Crippen molar-refractivity contribution in [3.63, 3.8) is 0 Å². The lowest BCUT2D eigenvalue weighted by molar-refractivity contribution is -0.146. The summed E-state index contributed by atoms with van der Waals surface area (Å²) in [7, 11) is -4.38. The number of hydroxylamine groups is 2. The third-order valence-corrected chi connectivity index (χ3v) is 2.32. The summed E-state index contributed by atoms with van der Waals surface area (Å²) in [5.41, 5.74) is 0. The molecule has 0 aliphatic heterocycles. The Morgan fingerprint density at radius 3 is 2.35 bits per heavy atom.